The van der Waals surface area contributed by atoms with Crippen LogP contribution in [0.5, 0.6) is 0 Å². The Balaban J connectivity index is 2.94. The van der Waals surface area contributed by atoms with Crippen LogP contribution in [0.2, 0.25) is 0 Å². The molecule has 1 rings (SSSR count). The smallest absolute Gasteiger partial charge is 0.469 e. The quantitative estimate of drug-likeness (QED) is 0.410. The first-order chi connectivity index (χ1) is 11.2. The molecule has 1 saturated heterocycles. The van der Waals surface area contributed by atoms with E-state index in [0.717, 1.165) is 12.0 Å². The summed E-state index contributed by atoms with van der Waals surface area (Å²) in [7, 11) is -4.89. The largest absolute Gasteiger partial charge is 0.523 e. The van der Waals surface area contributed by atoms with Gasteiger partial charge in [-0.3, -0.25) is 8.98 Å². The number of hydrogen-bond donors (Lipinski definition) is 0. The van der Waals surface area contributed by atoms with Crippen LogP contribution in [-0.2, 0) is 28.6 Å². The second-order valence-corrected chi connectivity index (χ2v) is 7.94. The van der Waals surface area contributed by atoms with Crippen molar-refractivity contribution in [2.24, 2.45) is 5.92 Å². The van der Waals surface area contributed by atoms with Gasteiger partial charge in [-0.05, 0) is 27.2 Å². The molecule has 0 aromatic rings. The Bertz CT molecular complexity index is 612. The van der Waals surface area contributed by atoms with Gasteiger partial charge in [0.05, 0.1) is 13.2 Å². The summed E-state index contributed by atoms with van der Waals surface area (Å²) in [5, 5.41) is 0. The van der Waals surface area contributed by atoms with Crippen LogP contribution < -0.4 is 0 Å². The summed E-state index contributed by atoms with van der Waals surface area (Å²) in [6, 6.07) is 0. The topological polar surface area (TPSA) is 99.2 Å². The lowest BCUT2D eigenvalue weighted by Crippen LogP contribution is -2.52. The van der Waals surface area contributed by atoms with Gasteiger partial charge in [-0.2, -0.15) is 21.6 Å². The van der Waals surface area contributed by atoms with Crippen LogP contribution in [0.3, 0.4) is 0 Å². The summed E-state index contributed by atoms with van der Waals surface area (Å²) >= 11 is 0. The van der Waals surface area contributed by atoms with Crippen LogP contribution in [0.1, 0.15) is 27.2 Å². The first-order valence-corrected chi connectivity index (χ1v) is 8.64. The summed E-state index contributed by atoms with van der Waals surface area (Å²) in [6.07, 6.45) is -2.69. The van der Waals surface area contributed by atoms with Crippen molar-refractivity contribution in [3.05, 3.63) is 0 Å². The lowest BCUT2D eigenvalue weighted by atomic mass is 9.95. The normalized spacial score (nSPS) is 22.4. The molecule has 146 valence electrons. The lowest BCUT2D eigenvalue weighted by molar-refractivity contribution is -0.151. The number of carbonyl (C=O) groups excluding carboxylic acids is 2. The van der Waals surface area contributed by atoms with Crippen molar-refractivity contribution in [1.82, 2.24) is 4.90 Å². The van der Waals surface area contributed by atoms with Gasteiger partial charge in [-0.15, -0.1) is 0 Å². The van der Waals surface area contributed by atoms with Crippen molar-refractivity contribution < 1.29 is 44.8 Å². The third-order valence-electron chi connectivity index (χ3n) is 3.24. The fourth-order valence-corrected chi connectivity index (χ4v) is 2.80. The second-order valence-electron chi connectivity index (χ2n) is 6.38. The zero-order chi connectivity index (χ0) is 19.6. The predicted octanol–water partition coefficient (Wildman–Crippen LogP) is 1.65. The molecule has 2 atom stereocenters. The van der Waals surface area contributed by atoms with Gasteiger partial charge >= 0.3 is 27.7 Å². The van der Waals surface area contributed by atoms with Gasteiger partial charge in [0.25, 0.3) is 0 Å². The van der Waals surface area contributed by atoms with E-state index in [1.165, 1.54) is 0 Å². The van der Waals surface area contributed by atoms with Crippen molar-refractivity contribution in [3.63, 3.8) is 0 Å². The molecule has 1 amide bonds. The third kappa shape index (κ3) is 5.73. The minimum absolute atomic E-state index is 0.138. The minimum Gasteiger partial charge on any atom is -0.469 e. The SMILES string of the molecule is COC(=O)C1CN(C(=O)OC(C)(C)C)CCC1OS(=O)(=O)C(F)(F)F. The molecule has 0 bridgehead atoms. The molecule has 0 aliphatic carbocycles. The van der Waals surface area contributed by atoms with E-state index in [1.807, 2.05) is 0 Å². The number of likely N-dealkylation sites (tertiary alicyclic amines) is 1. The number of esters is 1. The molecule has 1 fully saturated rings. The zero-order valence-corrected chi connectivity index (χ0v) is 14.9. The van der Waals surface area contributed by atoms with Crippen LogP contribution in [-0.4, -0.2) is 62.8 Å². The van der Waals surface area contributed by atoms with E-state index in [4.69, 9.17) is 4.74 Å². The van der Waals surface area contributed by atoms with Crippen molar-refractivity contribution in [2.45, 2.75) is 44.4 Å². The van der Waals surface area contributed by atoms with Gasteiger partial charge in [-0.25, -0.2) is 4.79 Å². The molecule has 0 saturated carbocycles. The van der Waals surface area contributed by atoms with Crippen LogP contribution >= 0.6 is 0 Å². The van der Waals surface area contributed by atoms with E-state index < -0.39 is 45.3 Å². The van der Waals surface area contributed by atoms with E-state index in [-0.39, 0.29) is 19.5 Å². The molecule has 0 N–H and O–H groups in total. The van der Waals surface area contributed by atoms with E-state index >= 15 is 0 Å². The maximum Gasteiger partial charge on any atom is 0.523 e. The first kappa shape index (κ1) is 21.5. The predicted molar refractivity (Wildman–Crippen MR) is 77.8 cm³/mol. The second kappa shape index (κ2) is 7.36. The highest BCUT2D eigenvalue weighted by atomic mass is 32.2. The summed E-state index contributed by atoms with van der Waals surface area (Å²) < 4.78 is 73.6. The fraction of sp³-hybridized carbons (Fsp3) is 0.846. The highest BCUT2D eigenvalue weighted by Gasteiger charge is 2.51. The zero-order valence-electron chi connectivity index (χ0n) is 14.1. The number of alkyl halides is 3. The molecule has 1 aliphatic heterocycles. The fourth-order valence-electron chi connectivity index (χ4n) is 2.13. The minimum atomic E-state index is -5.88. The average Bonchev–Trinajstić information content (AvgIpc) is 2.43. The maximum atomic E-state index is 12.5. The Hall–Kier alpha value is -1.56. The molecule has 0 radical (unpaired) electrons. The summed E-state index contributed by atoms with van der Waals surface area (Å²) in [5.41, 5.74) is -6.43. The van der Waals surface area contributed by atoms with Gasteiger partial charge in [-0.1, -0.05) is 0 Å². The summed E-state index contributed by atoms with van der Waals surface area (Å²) in [4.78, 5) is 24.9. The van der Waals surface area contributed by atoms with Gasteiger partial charge in [0.2, 0.25) is 0 Å². The highest BCUT2D eigenvalue weighted by molar-refractivity contribution is 7.87. The third-order valence-corrected chi connectivity index (χ3v) is 4.31. The van der Waals surface area contributed by atoms with Gasteiger partial charge in [0.15, 0.2) is 0 Å². The Kier molecular flexibility index (Phi) is 6.32. The van der Waals surface area contributed by atoms with Crippen LogP contribution in [0.15, 0.2) is 0 Å². The van der Waals surface area contributed by atoms with E-state index in [2.05, 4.69) is 8.92 Å². The Morgan fingerprint density at radius 3 is 2.16 bits per heavy atom. The molecule has 0 aromatic carbocycles. The molecule has 25 heavy (non-hydrogen) atoms. The van der Waals surface area contributed by atoms with E-state index in [1.54, 1.807) is 20.8 Å². The Morgan fingerprint density at radius 1 is 1.16 bits per heavy atom. The number of piperidine rings is 1. The molecule has 0 aromatic heterocycles. The number of hydrogen-bond acceptors (Lipinski definition) is 7. The number of amides is 1. The lowest BCUT2D eigenvalue weighted by Gasteiger charge is -2.37. The standard InChI is InChI=1S/C13H20F3NO7S/c1-12(2,3)23-11(19)17-6-5-9(8(7-17)10(18)22-4)24-25(20,21)13(14,15)16/h8-9H,5-7H2,1-4H3. The number of halogens is 3. The van der Waals surface area contributed by atoms with Crippen LogP contribution in [0.4, 0.5) is 18.0 Å². The van der Waals surface area contributed by atoms with Crippen LogP contribution in [0, 0.1) is 5.92 Å². The molecule has 12 heteroatoms. The van der Waals surface area contributed by atoms with Crippen LogP contribution in [0.25, 0.3) is 0 Å². The summed E-state index contributed by atoms with van der Waals surface area (Å²) in [6.45, 7) is 4.33. The van der Waals surface area contributed by atoms with E-state index in [0.29, 0.717) is 0 Å². The monoisotopic (exact) mass is 391 g/mol. The van der Waals surface area contributed by atoms with Gasteiger partial charge < -0.3 is 14.4 Å². The molecular formula is C13H20F3NO7S. The Morgan fingerprint density at radius 2 is 1.72 bits per heavy atom. The number of nitrogens with zero attached hydrogens (tertiary/aromatic N) is 1. The Labute approximate surface area is 143 Å². The maximum absolute atomic E-state index is 12.5. The van der Waals surface area contributed by atoms with Crippen molar-refractivity contribution >= 4 is 22.2 Å². The van der Waals surface area contributed by atoms with Crippen molar-refractivity contribution in [3.8, 4) is 0 Å². The average molecular weight is 391 g/mol. The van der Waals surface area contributed by atoms with Gasteiger partial charge in [0, 0.05) is 13.1 Å². The summed E-state index contributed by atoms with van der Waals surface area (Å²) in [5.74, 6) is -2.39. The molecule has 1 aliphatic rings. The number of carbonyl (C=O) groups is 2. The highest BCUT2D eigenvalue weighted by Crippen LogP contribution is 2.31. The van der Waals surface area contributed by atoms with Gasteiger partial charge in [0.1, 0.15) is 11.5 Å². The van der Waals surface area contributed by atoms with Crippen molar-refractivity contribution in [1.29, 1.82) is 0 Å². The number of ether oxygens (including phenoxy) is 2. The molecule has 0 spiro atoms. The molecule has 8 nitrogen and oxygen atoms in total. The number of methoxy groups -OCH3 is 1. The first-order valence-electron chi connectivity index (χ1n) is 7.23. The molecule has 2 unspecified atom stereocenters. The number of rotatable bonds is 3. The van der Waals surface area contributed by atoms with Crippen molar-refractivity contribution in [2.75, 3.05) is 20.2 Å². The molecular weight excluding hydrogens is 371 g/mol. The van der Waals surface area contributed by atoms with E-state index in [9.17, 15) is 31.2 Å². The molecule has 1 heterocycles.